The van der Waals surface area contributed by atoms with Crippen molar-refractivity contribution in [3.05, 3.63) is 101 Å². The summed E-state index contributed by atoms with van der Waals surface area (Å²) in [5, 5.41) is 21.7. The summed E-state index contributed by atoms with van der Waals surface area (Å²) in [5.41, 5.74) is 1.12. The van der Waals surface area contributed by atoms with Crippen molar-refractivity contribution in [1.29, 1.82) is 5.26 Å². The molecule has 0 bridgehead atoms. The normalized spacial score (nSPS) is 20.9. The van der Waals surface area contributed by atoms with Gasteiger partial charge in [-0.3, -0.25) is 9.80 Å². The molecule has 5 rings (SSSR count). The SMILES string of the molecule is [C-]#[N+]c1cccc(C2(O)N(c3ccc(C)cc3)C(=O)N(c3ccc(C#N)cc3)C23CCC3)c1. The van der Waals surface area contributed by atoms with Gasteiger partial charge in [0.15, 0.2) is 11.4 Å². The number of nitriles is 1. The molecule has 2 fully saturated rings. The van der Waals surface area contributed by atoms with Gasteiger partial charge in [0, 0.05) is 11.4 Å². The molecule has 1 aliphatic carbocycles. The first-order valence-corrected chi connectivity index (χ1v) is 10.9. The lowest BCUT2D eigenvalue weighted by molar-refractivity contribution is -0.0524. The molecule has 33 heavy (non-hydrogen) atoms. The summed E-state index contributed by atoms with van der Waals surface area (Å²) in [6.45, 7) is 9.42. The first kappa shape index (κ1) is 20.8. The molecule has 2 aliphatic rings. The highest BCUT2D eigenvalue weighted by Crippen LogP contribution is 2.59. The Balaban J connectivity index is 1.76. The third-order valence-electron chi connectivity index (χ3n) is 6.89. The van der Waals surface area contributed by atoms with E-state index in [1.807, 2.05) is 31.2 Å². The molecule has 1 spiro atoms. The Labute approximate surface area is 192 Å². The summed E-state index contributed by atoms with van der Waals surface area (Å²) in [4.78, 5) is 20.8. The van der Waals surface area contributed by atoms with Crippen LogP contribution in [-0.4, -0.2) is 16.7 Å². The highest BCUT2D eigenvalue weighted by Gasteiger charge is 2.70. The van der Waals surface area contributed by atoms with Gasteiger partial charge in [-0.05, 0) is 74.2 Å². The van der Waals surface area contributed by atoms with Crippen molar-refractivity contribution in [3.63, 3.8) is 0 Å². The van der Waals surface area contributed by atoms with E-state index in [1.54, 1.807) is 53.4 Å². The summed E-state index contributed by atoms with van der Waals surface area (Å²) < 4.78 is 0. The van der Waals surface area contributed by atoms with Gasteiger partial charge in [0.2, 0.25) is 0 Å². The maximum absolute atomic E-state index is 14.1. The largest absolute Gasteiger partial charge is 0.365 e. The molecule has 1 heterocycles. The maximum Gasteiger partial charge on any atom is 0.332 e. The Morgan fingerprint density at radius 1 is 1.00 bits per heavy atom. The Hall–Kier alpha value is -4.13. The van der Waals surface area contributed by atoms with Crippen molar-refractivity contribution in [3.8, 4) is 6.07 Å². The molecule has 6 heteroatoms. The Morgan fingerprint density at radius 2 is 1.64 bits per heavy atom. The van der Waals surface area contributed by atoms with E-state index < -0.39 is 11.3 Å². The summed E-state index contributed by atoms with van der Waals surface area (Å²) in [5.74, 6) is 0. The first-order valence-electron chi connectivity index (χ1n) is 10.9. The second kappa shape index (κ2) is 7.48. The summed E-state index contributed by atoms with van der Waals surface area (Å²) in [6, 6.07) is 23.0. The van der Waals surface area contributed by atoms with E-state index in [0.29, 0.717) is 41.0 Å². The van der Waals surface area contributed by atoms with E-state index in [9.17, 15) is 15.2 Å². The second-order valence-corrected chi connectivity index (χ2v) is 8.67. The van der Waals surface area contributed by atoms with Crippen LogP contribution in [-0.2, 0) is 5.72 Å². The number of aryl methyl sites for hydroxylation is 1. The number of amides is 2. The fraction of sp³-hybridized carbons (Fsp3) is 0.222. The Morgan fingerprint density at radius 3 is 2.21 bits per heavy atom. The lowest BCUT2D eigenvalue weighted by Crippen LogP contribution is -2.63. The highest BCUT2D eigenvalue weighted by molar-refractivity contribution is 6.09. The summed E-state index contributed by atoms with van der Waals surface area (Å²) >= 11 is 0. The van der Waals surface area contributed by atoms with Gasteiger partial charge in [-0.25, -0.2) is 9.64 Å². The summed E-state index contributed by atoms with van der Waals surface area (Å²) in [6.07, 6.45) is 2.09. The third kappa shape index (κ3) is 2.85. The predicted octanol–water partition coefficient (Wildman–Crippen LogP) is 5.63. The van der Waals surface area contributed by atoms with Gasteiger partial charge < -0.3 is 5.11 Å². The standard InChI is InChI=1S/C27H22N4O2/c1-19-7-11-24(12-8-19)31-25(32)30(23-13-9-20(18-28)10-14-23)26(15-4-16-26)27(31,33)21-5-3-6-22(17-21)29-2/h3,5-14,17,33H,4,15-16H2,1H3. The number of carbonyl (C=O) groups is 1. The van der Waals surface area contributed by atoms with Crippen molar-refractivity contribution in [2.24, 2.45) is 0 Å². The Kier molecular flexibility index (Phi) is 4.70. The number of hydrogen-bond donors (Lipinski definition) is 1. The van der Waals surface area contributed by atoms with Crippen LogP contribution in [0.15, 0.2) is 72.8 Å². The number of hydrogen-bond acceptors (Lipinski definition) is 3. The molecule has 6 nitrogen and oxygen atoms in total. The number of benzene rings is 3. The Bertz CT molecular complexity index is 1310. The van der Waals surface area contributed by atoms with Gasteiger partial charge in [0.25, 0.3) is 0 Å². The van der Waals surface area contributed by atoms with Gasteiger partial charge in [-0.15, -0.1) is 0 Å². The maximum atomic E-state index is 14.1. The van der Waals surface area contributed by atoms with Crippen LogP contribution >= 0.6 is 0 Å². The second-order valence-electron chi connectivity index (χ2n) is 8.67. The van der Waals surface area contributed by atoms with Crippen LogP contribution < -0.4 is 9.80 Å². The van der Waals surface area contributed by atoms with Crippen molar-refractivity contribution < 1.29 is 9.90 Å². The topological polar surface area (TPSA) is 71.9 Å². The van der Waals surface area contributed by atoms with E-state index in [2.05, 4.69) is 10.9 Å². The molecular formula is C27H22N4O2. The molecule has 0 aromatic heterocycles. The first-order chi connectivity index (χ1) is 15.9. The van der Waals surface area contributed by atoms with Crippen LogP contribution in [0.1, 0.15) is 36.0 Å². The minimum absolute atomic E-state index is 0.334. The van der Waals surface area contributed by atoms with Crippen LogP contribution in [0.3, 0.4) is 0 Å². The average Bonchev–Trinajstić information content (AvgIpc) is 3.04. The zero-order valence-corrected chi connectivity index (χ0v) is 18.2. The van der Waals surface area contributed by atoms with Crippen molar-refractivity contribution in [1.82, 2.24) is 0 Å². The van der Waals surface area contributed by atoms with Gasteiger partial charge in [-0.1, -0.05) is 35.9 Å². The zero-order chi connectivity index (χ0) is 23.2. The van der Waals surface area contributed by atoms with Crippen LogP contribution in [0.2, 0.25) is 0 Å². The van der Waals surface area contributed by atoms with Gasteiger partial charge in [-0.2, -0.15) is 5.26 Å². The fourth-order valence-electron chi connectivity index (χ4n) is 5.09. The minimum Gasteiger partial charge on any atom is -0.365 e. The van der Waals surface area contributed by atoms with Crippen LogP contribution in [0.5, 0.6) is 0 Å². The van der Waals surface area contributed by atoms with E-state index in [0.717, 1.165) is 12.0 Å². The number of anilines is 2. The van der Waals surface area contributed by atoms with E-state index in [1.165, 1.54) is 4.90 Å². The third-order valence-corrected chi connectivity index (χ3v) is 6.89. The molecule has 1 N–H and O–H groups in total. The molecule has 1 unspecified atom stereocenters. The number of nitrogens with zero attached hydrogens (tertiary/aromatic N) is 4. The number of carbonyl (C=O) groups excluding carboxylic acids is 1. The van der Waals surface area contributed by atoms with Crippen LogP contribution in [0.25, 0.3) is 4.85 Å². The number of urea groups is 1. The number of aliphatic hydroxyl groups is 1. The molecule has 1 saturated heterocycles. The molecule has 1 saturated carbocycles. The van der Waals surface area contributed by atoms with Gasteiger partial charge in [0.1, 0.15) is 5.54 Å². The van der Waals surface area contributed by atoms with Crippen LogP contribution in [0.4, 0.5) is 21.9 Å². The molecule has 1 atom stereocenters. The predicted molar refractivity (Wildman–Crippen MR) is 126 cm³/mol. The van der Waals surface area contributed by atoms with E-state index in [4.69, 9.17) is 6.57 Å². The quantitative estimate of drug-likeness (QED) is 0.543. The smallest absolute Gasteiger partial charge is 0.332 e. The van der Waals surface area contributed by atoms with E-state index in [-0.39, 0.29) is 6.03 Å². The lowest BCUT2D eigenvalue weighted by atomic mass is 9.66. The van der Waals surface area contributed by atoms with Crippen molar-refractivity contribution in [2.75, 3.05) is 9.80 Å². The molecular weight excluding hydrogens is 412 g/mol. The monoisotopic (exact) mass is 434 g/mol. The highest BCUT2D eigenvalue weighted by atomic mass is 16.3. The minimum atomic E-state index is -1.67. The molecule has 2 amide bonds. The fourth-order valence-corrected chi connectivity index (χ4v) is 5.09. The summed E-state index contributed by atoms with van der Waals surface area (Å²) in [7, 11) is 0. The molecule has 3 aromatic carbocycles. The zero-order valence-electron chi connectivity index (χ0n) is 18.2. The lowest BCUT2D eigenvalue weighted by Gasteiger charge is -2.52. The molecule has 162 valence electrons. The van der Waals surface area contributed by atoms with E-state index >= 15 is 0 Å². The molecule has 1 aliphatic heterocycles. The van der Waals surface area contributed by atoms with Crippen molar-refractivity contribution in [2.45, 2.75) is 37.5 Å². The molecule has 0 radical (unpaired) electrons. The van der Waals surface area contributed by atoms with Crippen LogP contribution in [0, 0.1) is 24.8 Å². The number of rotatable bonds is 3. The molecule has 3 aromatic rings. The van der Waals surface area contributed by atoms with Crippen molar-refractivity contribution >= 4 is 23.1 Å². The average molecular weight is 434 g/mol. The van der Waals surface area contributed by atoms with Gasteiger partial charge in [0.05, 0.1) is 18.2 Å². The van der Waals surface area contributed by atoms with Gasteiger partial charge >= 0.3 is 6.03 Å².